The Morgan fingerprint density at radius 3 is 2.56 bits per heavy atom. The molecule has 5 nitrogen and oxygen atoms in total. The van der Waals surface area contributed by atoms with Crippen molar-refractivity contribution >= 4 is 0 Å². The lowest BCUT2D eigenvalue weighted by Crippen LogP contribution is -2.33. The molecule has 2 unspecified atom stereocenters. The molecule has 0 aliphatic heterocycles. The highest BCUT2D eigenvalue weighted by Crippen LogP contribution is 1.94. The molecule has 2 N–H and O–H groups in total. The molecule has 2 atom stereocenters. The van der Waals surface area contributed by atoms with Crippen molar-refractivity contribution in [2.75, 3.05) is 54.1 Å². The summed E-state index contributed by atoms with van der Waals surface area (Å²) in [6, 6.07) is 0. The molecule has 0 bridgehead atoms. The van der Waals surface area contributed by atoms with Gasteiger partial charge in [-0.2, -0.15) is 0 Å². The molecule has 0 spiro atoms. The molecule has 0 rings (SSSR count). The third kappa shape index (κ3) is 12.3. The quantitative estimate of drug-likeness (QED) is 0.497. The minimum atomic E-state index is -0.446. The maximum absolute atomic E-state index is 9.67. The summed E-state index contributed by atoms with van der Waals surface area (Å²) in [5.41, 5.74) is 0. The smallest absolute Gasteiger partial charge is 0.0897 e. The first-order valence-electron chi connectivity index (χ1n) is 6.70. The molecule has 0 aromatic rings. The van der Waals surface area contributed by atoms with Crippen LogP contribution in [0.15, 0.2) is 0 Å². The molecule has 0 aliphatic carbocycles. The number of ether oxygens (including phenoxy) is 2. The average molecular weight is 262 g/mol. The number of hydrogen-bond acceptors (Lipinski definition) is 5. The van der Waals surface area contributed by atoms with Gasteiger partial charge in [0.05, 0.1) is 25.4 Å². The normalized spacial score (nSPS) is 15.0. The Kier molecular flexibility index (Phi) is 11.7. The predicted molar refractivity (Wildman–Crippen MR) is 74.0 cm³/mol. The Morgan fingerprint density at radius 1 is 1.22 bits per heavy atom. The van der Waals surface area contributed by atoms with E-state index in [2.05, 4.69) is 24.3 Å². The van der Waals surface area contributed by atoms with Crippen LogP contribution in [0.3, 0.4) is 0 Å². The summed E-state index contributed by atoms with van der Waals surface area (Å²) < 4.78 is 10.4. The van der Waals surface area contributed by atoms with E-state index in [-0.39, 0.29) is 6.10 Å². The van der Waals surface area contributed by atoms with Crippen molar-refractivity contribution < 1.29 is 14.6 Å². The number of hydrogen-bond donors (Lipinski definition) is 2. The van der Waals surface area contributed by atoms with Crippen LogP contribution in [0.4, 0.5) is 0 Å². The second-order valence-corrected chi connectivity index (χ2v) is 4.97. The molecule has 0 saturated heterocycles. The van der Waals surface area contributed by atoms with E-state index in [4.69, 9.17) is 9.47 Å². The van der Waals surface area contributed by atoms with Crippen LogP contribution < -0.4 is 5.32 Å². The minimum Gasteiger partial charge on any atom is -0.389 e. The molecule has 0 heterocycles. The van der Waals surface area contributed by atoms with Gasteiger partial charge >= 0.3 is 0 Å². The van der Waals surface area contributed by atoms with Gasteiger partial charge in [-0.1, -0.05) is 0 Å². The molecule has 0 amide bonds. The zero-order valence-electron chi connectivity index (χ0n) is 12.3. The summed E-state index contributed by atoms with van der Waals surface area (Å²) in [5.74, 6) is 0. The van der Waals surface area contributed by atoms with Crippen LogP contribution in [-0.2, 0) is 9.47 Å². The maximum atomic E-state index is 9.67. The third-order valence-corrected chi connectivity index (χ3v) is 2.56. The Hall–Kier alpha value is -0.200. The van der Waals surface area contributed by atoms with Crippen LogP contribution in [0.5, 0.6) is 0 Å². The standard InChI is InChI=1S/C13H30N2O3/c1-12(10-17-4)18-11-13(16)9-14-7-5-6-8-15(2)3/h12-14,16H,5-11H2,1-4H3. The molecule has 0 aromatic carbocycles. The molecule has 0 aliphatic rings. The van der Waals surface area contributed by atoms with Crippen molar-refractivity contribution in [2.24, 2.45) is 0 Å². The number of methoxy groups -OCH3 is 1. The Labute approximate surface area is 111 Å². The summed E-state index contributed by atoms with van der Waals surface area (Å²) in [5, 5.41) is 12.9. The summed E-state index contributed by atoms with van der Waals surface area (Å²) in [7, 11) is 5.80. The van der Waals surface area contributed by atoms with E-state index in [1.165, 1.54) is 6.42 Å². The van der Waals surface area contributed by atoms with E-state index in [1.54, 1.807) is 7.11 Å². The van der Waals surface area contributed by atoms with Gasteiger partial charge < -0.3 is 24.8 Å². The highest BCUT2D eigenvalue weighted by molar-refractivity contribution is 4.60. The lowest BCUT2D eigenvalue weighted by atomic mass is 10.3. The van der Waals surface area contributed by atoms with Gasteiger partial charge in [0.15, 0.2) is 0 Å². The molecule has 0 fully saturated rings. The van der Waals surface area contributed by atoms with Gasteiger partial charge in [0, 0.05) is 13.7 Å². The highest BCUT2D eigenvalue weighted by Gasteiger charge is 2.07. The summed E-state index contributed by atoms with van der Waals surface area (Å²) >= 11 is 0. The molecule has 0 aromatic heterocycles. The highest BCUT2D eigenvalue weighted by atomic mass is 16.5. The van der Waals surface area contributed by atoms with E-state index >= 15 is 0 Å². The van der Waals surface area contributed by atoms with Crippen LogP contribution in [0.2, 0.25) is 0 Å². The van der Waals surface area contributed by atoms with Crippen molar-refractivity contribution in [2.45, 2.75) is 32.0 Å². The van der Waals surface area contributed by atoms with Gasteiger partial charge in [0.2, 0.25) is 0 Å². The topological polar surface area (TPSA) is 54.0 Å². The van der Waals surface area contributed by atoms with Gasteiger partial charge in [-0.05, 0) is 47.0 Å². The number of aliphatic hydroxyl groups excluding tert-OH is 1. The average Bonchev–Trinajstić information content (AvgIpc) is 2.31. The van der Waals surface area contributed by atoms with Crippen molar-refractivity contribution in [3.63, 3.8) is 0 Å². The van der Waals surface area contributed by atoms with Crippen LogP contribution in [0.25, 0.3) is 0 Å². The van der Waals surface area contributed by atoms with Gasteiger partial charge in [-0.25, -0.2) is 0 Å². The fraction of sp³-hybridized carbons (Fsp3) is 1.00. The molecule has 0 saturated carbocycles. The lowest BCUT2D eigenvalue weighted by Gasteiger charge is -2.16. The van der Waals surface area contributed by atoms with Crippen LogP contribution in [-0.4, -0.2) is 76.3 Å². The van der Waals surface area contributed by atoms with E-state index in [0.29, 0.717) is 19.8 Å². The first-order chi connectivity index (χ1) is 8.56. The van der Waals surface area contributed by atoms with E-state index in [0.717, 1.165) is 19.5 Å². The number of nitrogens with zero attached hydrogens (tertiary/aromatic N) is 1. The summed E-state index contributed by atoms with van der Waals surface area (Å²) in [6.07, 6.45) is 1.89. The van der Waals surface area contributed by atoms with Crippen molar-refractivity contribution in [3.05, 3.63) is 0 Å². The number of unbranched alkanes of at least 4 members (excludes halogenated alkanes) is 1. The molecule has 0 radical (unpaired) electrons. The zero-order valence-corrected chi connectivity index (χ0v) is 12.3. The Morgan fingerprint density at radius 2 is 1.94 bits per heavy atom. The fourth-order valence-corrected chi connectivity index (χ4v) is 1.56. The molecule has 18 heavy (non-hydrogen) atoms. The zero-order chi connectivity index (χ0) is 13.8. The number of nitrogens with one attached hydrogen (secondary N) is 1. The van der Waals surface area contributed by atoms with Crippen molar-refractivity contribution in [1.29, 1.82) is 0 Å². The van der Waals surface area contributed by atoms with Gasteiger partial charge in [0.25, 0.3) is 0 Å². The van der Waals surface area contributed by atoms with Gasteiger partial charge in [-0.15, -0.1) is 0 Å². The molecule has 5 heteroatoms. The van der Waals surface area contributed by atoms with E-state index in [1.807, 2.05) is 6.92 Å². The largest absolute Gasteiger partial charge is 0.389 e. The second kappa shape index (κ2) is 11.9. The first kappa shape index (κ1) is 17.8. The van der Waals surface area contributed by atoms with E-state index in [9.17, 15) is 5.11 Å². The van der Waals surface area contributed by atoms with Crippen molar-refractivity contribution in [3.8, 4) is 0 Å². The Balaban J connectivity index is 3.29. The molecule has 110 valence electrons. The third-order valence-electron chi connectivity index (χ3n) is 2.56. The Bertz CT molecular complexity index is 180. The SMILES string of the molecule is COCC(C)OCC(O)CNCCCCN(C)C. The maximum Gasteiger partial charge on any atom is 0.0897 e. The van der Waals surface area contributed by atoms with Crippen molar-refractivity contribution in [1.82, 2.24) is 10.2 Å². The summed E-state index contributed by atoms with van der Waals surface area (Å²) in [4.78, 5) is 2.18. The fourth-order valence-electron chi connectivity index (χ4n) is 1.56. The molecular weight excluding hydrogens is 232 g/mol. The van der Waals surface area contributed by atoms with Gasteiger partial charge in [-0.3, -0.25) is 0 Å². The summed E-state index contributed by atoms with van der Waals surface area (Å²) in [6.45, 7) is 5.49. The number of rotatable bonds is 12. The monoisotopic (exact) mass is 262 g/mol. The van der Waals surface area contributed by atoms with E-state index < -0.39 is 6.10 Å². The molecular formula is C13H30N2O3. The van der Waals surface area contributed by atoms with Crippen LogP contribution >= 0.6 is 0 Å². The number of aliphatic hydroxyl groups is 1. The van der Waals surface area contributed by atoms with Gasteiger partial charge in [0.1, 0.15) is 0 Å². The minimum absolute atomic E-state index is 0.0322. The second-order valence-electron chi connectivity index (χ2n) is 4.97. The van der Waals surface area contributed by atoms with Crippen LogP contribution in [0.1, 0.15) is 19.8 Å². The lowest BCUT2D eigenvalue weighted by molar-refractivity contribution is -0.0310. The predicted octanol–water partition coefficient (Wildman–Crippen LogP) is 0.330. The first-order valence-corrected chi connectivity index (χ1v) is 6.70. The van der Waals surface area contributed by atoms with Crippen LogP contribution in [0, 0.1) is 0 Å².